The standard InChI is InChI=1S/C18H26ClN3O2/c1-13(2)24-18(22(4)14-9-11-21(3)12-10-14)20-17(23)15-7-5-6-8-16(15)19/h5-8,13-14H,9-12H2,1-4H3. The molecule has 1 aliphatic heterocycles. The summed E-state index contributed by atoms with van der Waals surface area (Å²) in [6.07, 6.45) is 1.98. The number of likely N-dealkylation sites (tertiary alicyclic amines) is 1. The lowest BCUT2D eigenvalue weighted by molar-refractivity contribution is 0.0979. The van der Waals surface area contributed by atoms with E-state index in [1.165, 1.54) is 0 Å². The second kappa shape index (κ2) is 8.49. The van der Waals surface area contributed by atoms with Crippen molar-refractivity contribution in [2.45, 2.75) is 38.8 Å². The van der Waals surface area contributed by atoms with Crippen LogP contribution in [0.1, 0.15) is 37.0 Å². The van der Waals surface area contributed by atoms with E-state index in [4.69, 9.17) is 16.3 Å². The first-order valence-corrected chi connectivity index (χ1v) is 8.72. The van der Waals surface area contributed by atoms with Crippen LogP contribution in [0.3, 0.4) is 0 Å². The Balaban J connectivity index is 2.20. The van der Waals surface area contributed by atoms with Crippen LogP contribution >= 0.6 is 11.6 Å². The molecule has 0 atom stereocenters. The van der Waals surface area contributed by atoms with E-state index in [9.17, 15) is 4.79 Å². The molecule has 5 nitrogen and oxygen atoms in total. The summed E-state index contributed by atoms with van der Waals surface area (Å²) in [7, 11) is 4.06. The van der Waals surface area contributed by atoms with Crippen LogP contribution in [0.5, 0.6) is 0 Å². The summed E-state index contributed by atoms with van der Waals surface area (Å²) in [5, 5.41) is 0.400. The monoisotopic (exact) mass is 351 g/mol. The Morgan fingerprint density at radius 3 is 2.54 bits per heavy atom. The molecule has 1 aromatic rings. The molecule has 0 aliphatic carbocycles. The van der Waals surface area contributed by atoms with Gasteiger partial charge in [-0.15, -0.1) is 0 Å². The number of hydrogen-bond acceptors (Lipinski definition) is 3. The third-order valence-corrected chi connectivity index (χ3v) is 4.51. The largest absolute Gasteiger partial charge is 0.462 e. The molecule has 1 aromatic carbocycles. The average Bonchev–Trinajstić information content (AvgIpc) is 2.54. The van der Waals surface area contributed by atoms with E-state index in [1.54, 1.807) is 24.3 Å². The van der Waals surface area contributed by atoms with E-state index in [0.717, 1.165) is 25.9 Å². The molecule has 1 heterocycles. The minimum absolute atomic E-state index is 0.0588. The number of amidine groups is 1. The van der Waals surface area contributed by atoms with Crippen molar-refractivity contribution >= 4 is 23.5 Å². The lowest BCUT2D eigenvalue weighted by atomic mass is 10.0. The number of ether oxygens (including phenoxy) is 1. The molecule has 132 valence electrons. The van der Waals surface area contributed by atoms with Crippen LogP contribution in [-0.4, -0.2) is 61.1 Å². The van der Waals surface area contributed by atoms with E-state index in [1.807, 2.05) is 25.8 Å². The number of amides is 1. The Morgan fingerprint density at radius 1 is 1.33 bits per heavy atom. The number of carbonyl (C=O) groups excluding carboxylic acids is 1. The first-order valence-electron chi connectivity index (χ1n) is 8.34. The Hall–Kier alpha value is -1.59. The van der Waals surface area contributed by atoms with Crippen LogP contribution in [0.2, 0.25) is 5.02 Å². The van der Waals surface area contributed by atoms with Gasteiger partial charge in [0.15, 0.2) is 0 Å². The summed E-state index contributed by atoms with van der Waals surface area (Å²) in [4.78, 5) is 21.0. The summed E-state index contributed by atoms with van der Waals surface area (Å²) in [6.45, 7) is 5.92. The van der Waals surface area contributed by atoms with Gasteiger partial charge in [0.25, 0.3) is 11.9 Å². The van der Waals surface area contributed by atoms with Crippen molar-refractivity contribution in [3.63, 3.8) is 0 Å². The highest BCUT2D eigenvalue weighted by Crippen LogP contribution is 2.18. The van der Waals surface area contributed by atoms with Crippen LogP contribution in [0, 0.1) is 0 Å². The molecule has 1 amide bonds. The normalized spacial score (nSPS) is 17.2. The third kappa shape index (κ3) is 4.95. The second-order valence-electron chi connectivity index (χ2n) is 6.49. The molecule has 0 spiro atoms. The molecule has 0 N–H and O–H groups in total. The predicted octanol–water partition coefficient (Wildman–Crippen LogP) is 3.29. The zero-order valence-electron chi connectivity index (χ0n) is 14.8. The minimum Gasteiger partial charge on any atom is -0.462 e. The van der Waals surface area contributed by atoms with E-state index < -0.39 is 0 Å². The van der Waals surface area contributed by atoms with Gasteiger partial charge < -0.3 is 14.5 Å². The second-order valence-corrected chi connectivity index (χ2v) is 6.90. The molecule has 2 rings (SSSR count). The lowest BCUT2D eigenvalue weighted by Gasteiger charge is -2.36. The zero-order chi connectivity index (χ0) is 17.7. The number of carbonyl (C=O) groups is 1. The average molecular weight is 352 g/mol. The maximum absolute atomic E-state index is 12.5. The maximum Gasteiger partial charge on any atom is 0.295 e. The van der Waals surface area contributed by atoms with Gasteiger partial charge in [-0.3, -0.25) is 4.79 Å². The zero-order valence-corrected chi connectivity index (χ0v) is 15.6. The van der Waals surface area contributed by atoms with Gasteiger partial charge in [0.2, 0.25) is 0 Å². The Morgan fingerprint density at radius 2 is 1.96 bits per heavy atom. The van der Waals surface area contributed by atoms with Crippen LogP contribution in [0.4, 0.5) is 0 Å². The molecule has 0 radical (unpaired) electrons. The van der Waals surface area contributed by atoms with Crippen LogP contribution < -0.4 is 0 Å². The Labute approximate surface area is 149 Å². The fraction of sp³-hybridized carbons (Fsp3) is 0.556. The molecule has 1 saturated heterocycles. The van der Waals surface area contributed by atoms with E-state index >= 15 is 0 Å². The highest BCUT2D eigenvalue weighted by atomic mass is 35.5. The fourth-order valence-corrected chi connectivity index (χ4v) is 2.94. The Bertz CT molecular complexity index is 596. The quantitative estimate of drug-likeness (QED) is 0.619. The van der Waals surface area contributed by atoms with Crippen molar-refractivity contribution in [1.29, 1.82) is 0 Å². The van der Waals surface area contributed by atoms with Crippen molar-refractivity contribution in [1.82, 2.24) is 9.80 Å². The van der Waals surface area contributed by atoms with Crippen molar-refractivity contribution < 1.29 is 9.53 Å². The number of rotatable bonds is 3. The molecule has 24 heavy (non-hydrogen) atoms. The predicted molar refractivity (Wildman–Crippen MR) is 97.7 cm³/mol. The maximum atomic E-state index is 12.5. The van der Waals surface area contributed by atoms with E-state index in [-0.39, 0.29) is 12.0 Å². The molecule has 0 saturated carbocycles. The summed E-state index contributed by atoms with van der Waals surface area (Å²) in [6, 6.07) is 7.62. The molecular formula is C18H26ClN3O2. The first kappa shape index (κ1) is 18.7. The van der Waals surface area contributed by atoms with Crippen molar-refractivity contribution in [3.8, 4) is 0 Å². The highest BCUT2D eigenvalue weighted by Gasteiger charge is 2.25. The minimum atomic E-state index is -0.379. The van der Waals surface area contributed by atoms with Gasteiger partial charge in [-0.2, -0.15) is 4.99 Å². The number of nitrogens with zero attached hydrogens (tertiary/aromatic N) is 3. The Kier molecular flexibility index (Phi) is 6.63. The summed E-state index contributed by atoms with van der Waals surface area (Å²) < 4.78 is 5.82. The summed E-state index contributed by atoms with van der Waals surface area (Å²) >= 11 is 6.10. The van der Waals surface area contributed by atoms with Crippen LogP contribution in [-0.2, 0) is 4.74 Å². The van der Waals surface area contributed by atoms with E-state index in [2.05, 4.69) is 16.9 Å². The van der Waals surface area contributed by atoms with Crippen molar-refractivity contribution in [3.05, 3.63) is 34.9 Å². The number of halogens is 1. The molecule has 0 unspecified atom stereocenters. The summed E-state index contributed by atoms with van der Waals surface area (Å²) in [5.74, 6) is -0.379. The molecule has 1 fully saturated rings. The first-order chi connectivity index (χ1) is 11.4. The van der Waals surface area contributed by atoms with Gasteiger partial charge >= 0.3 is 0 Å². The topological polar surface area (TPSA) is 45.1 Å². The number of benzene rings is 1. The lowest BCUT2D eigenvalue weighted by Crippen LogP contribution is -2.46. The number of piperidine rings is 1. The van der Waals surface area contributed by atoms with Gasteiger partial charge in [-0.1, -0.05) is 23.7 Å². The number of aliphatic imine (C=N–C) groups is 1. The van der Waals surface area contributed by atoms with Gasteiger partial charge in [-0.25, -0.2) is 0 Å². The smallest absolute Gasteiger partial charge is 0.295 e. The summed E-state index contributed by atoms with van der Waals surface area (Å²) in [5.41, 5.74) is 0.390. The fourth-order valence-electron chi connectivity index (χ4n) is 2.72. The van der Waals surface area contributed by atoms with Gasteiger partial charge in [0, 0.05) is 13.1 Å². The molecule has 0 bridgehead atoms. The van der Waals surface area contributed by atoms with Gasteiger partial charge in [-0.05, 0) is 59.0 Å². The molecule has 1 aliphatic rings. The van der Waals surface area contributed by atoms with Gasteiger partial charge in [0.05, 0.1) is 16.7 Å². The van der Waals surface area contributed by atoms with Gasteiger partial charge in [0.1, 0.15) is 0 Å². The van der Waals surface area contributed by atoms with Crippen molar-refractivity contribution in [2.24, 2.45) is 4.99 Å². The van der Waals surface area contributed by atoms with E-state index in [0.29, 0.717) is 22.6 Å². The third-order valence-electron chi connectivity index (χ3n) is 4.18. The molecule has 0 aromatic heterocycles. The molecule has 6 heteroatoms. The van der Waals surface area contributed by atoms with Crippen molar-refractivity contribution in [2.75, 3.05) is 27.2 Å². The molecular weight excluding hydrogens is 326 g/mol. The van der Waals surface area contributed by atoms with Crippen LogP contribution in [0.15, 0.2) is 29.3 Å². The van der Waals surface area contributed by atoms with Crippen LogP contribution in [0.25, 0.3) is 0 Å². The number of hydrogen-bond donors (Lipinski definition) is 0. The highest BCUT2D eigenvalue weighted by molar-refractivity contribution is 6.34. The SMILES string of the molecule is CC(C)OC(=NC(=O)c1ccccc1Cl)N(C)C1CCN(C)CC1.